The van der Waals surface area contributed by atoms with Gasteiger partial charge in [-0.2, -0.15) is 8.42 Å². The van der Waals surface area contributed by atoms with Crippen molar-refractivity contribution in [1.82, 2.24) is 0 Å². The van der Waals surface area contributed by atoms with Crippen molar-refractivity contribution in [2.75, 3.05) is 6.61 Å². The first-order valence-electron chi connectivity index (χ1n) is 6.09. The highest BCUT2D eigenvalue weighted by atomic mass is 32.2. The van der Waals surface area contributed by atoms with Crippen LogP contribution >= 0.6 is 0 Å². The van der Waals surface area contributed by atoms with E-state index in [4.69, 9.17) is 8.92 Å². The van der Waals surface area contributed by atoms with E-state index in [0.717, 1.165) is 5.56 Å². The molecule has 1 aromatic carbocycles. The molecule has 1 heterocycles. The molecule has 0 amide bonds. The van der Waals surface area contributed by atoms with Crippen LogP contribution in [0.3, 0.4) is 0 Å². The number of hydrogen-bond acceptors (Lipinski definition) is 4. The number of hydrogen-bond donors (Lipinski definition) is 0. The van der Waals surface area contributed by atoms with Crippen molar-refractivity contribution in [1.29, 1.82) is 0 Å². The Kier molecular flexibility index (Phi) is 4.04. The van der Waals surface area contributed by atoms with E-state index in [1.165, 1.54) is 0 Å². The van der Waals surface area contributed by atoms with Gasteiger partial charge in [-0.05, 0) is 32.4 Å². The zero-order valence-electron chi connectivity index (χ0n) is 10.6. The maximum absolute atomic E-state index is 12.1. The third-order valence-electron chi connectivity index (χ3n) is 3.01. The highest BCUT2D eigenvalue weighted by Gasteiger charge is 2.26. The first kappa shape index (κ1) is 13.5. The van der Waals surface area contributed by atoms with Crippen molar-refractivity contribution in [2.24, 2.45) is 0 Å². The predicted octanol–water partition coefficient (Wildman–Crippen LogP) is 2.27. The molecule has 4 nitrogen and oxygen atoms in total. The molecule has 1 fully saturated rings. The van der Waals surface area contributed by atoms with Gasteiger partial charge in [-0.15, -0.1) is 0 Å². The summed E-state index contributed by atoms with van der Waals surface area (Å²) in [6.45, 7) is 4.39. The fourth-order valence-corrected chi connectivity index (χ4v) is 3.10. The van der Waals surface area contributed by atoms with Gasteiger partial charge >= 0.3 is 0 Å². The van der Waals surface area contributed by atoms with Crippen LogP contribution in [0, 0.1) is 6.92 Å². The molecule has 0 N–H and O–H groups in total. The van der Waals surface area contributed by atoms with Gasteiger partial charge in [0, 0.05) is 13.0 Å². The van der Waals surface area contributed by atoms with E-state index < -0.39 is 10.1 Å². The third kappa shape index (κ3) is 3.31. The van der Waals surface area contributed by atoms with E-state index in [-0.39, 0.29) is 17.1 Å². The molecular formula is C13H18O4S. The molecule has 0 aliphatic carbocycles. The van der Waals surface area contributed by atoms with Crippen molar-refractivity contribution < 1.29 is 17.3 Å². The van der Waals surface area contributed by atoms with Gasteiger partial charge in [-0.3, -0.25) is 4.18 Å². The molecule has 1 aliphatic rings. The Bertz CT molecular complexity index is 492. The SMILES string of the molecule is Cc1ccc(S(=O)(=O)OC2CCOC(C)C2)cc1. The summed E-state index contributed by atoms with van der Waals surface area (Å²) in [7, 11) is -3.66. The zero-order valence-corrected chi connectivity index (χ0v) is 11.4. The molecule has 0 saturated carbocycles. The first-order valence-corrected chi connectivity index (χ1v) is 7.50. The Morgan fingerprint density at radius 3 is 2.56 bits per heavy atom. The molecular weight excluding hydrogens is 252 g/mol. The second-order valence-electron chi connectivity index (χ2n) is 4.69. The summed E-state index contributed by atoms with van der Waals surface area (Å²) in [6.07, 6.45) is 1.01. The molecule has 2 rings (SSSR count). The number of rotatable bonds is 3. The van der Waals surface area contributed by atoms with E-state index in [0.29, 0.717) is 19.4 Å². The second kappa shape index (κ2) is 5.38. The average Bonchev–Trinajstić information content (AvgIpc) is 2.29. The molecule has 18 heavy (non-hydrogen) atoms. The van der Waals surface area contributed by atoms with E-state index >= 15 is 0 Å². The van der Waals surface area contributed by atoms with Crippen molar-refractivity contribution in [3.8, 4) is 0 Å². The summed E-state index contributed by atoms with van der Waals surface area (Å²) >= 11 is 0. The molecule has 2 unspecified atom stereocenters. The fourth-order valence-electron chi connectivity index (χ4n) is 1.98. The van der Waals surface area contributed by atoms with Crippen molar-refractivity contribution in [2.45, 2.75) is 43.8 Å². The summed E-state index contributed by atoms with van der Waals surface area (Å²) in [4.78, 5) is 0.215. The molecule has 2 atom stereocenters. The molecule has 1 saturated heterocycles. The lowest BCUT2D eigenvalue weighted by Gasteiger charge is -2.26. The van der Waals surface area contributed by atoms with Crippen LogP contribution in [0.25, 0.3) is 0 Å². The van der Waals surface area contributed by atoms with Gasteiger partial charge in [0.15, 0.2) is 0 Å². The minimum absolute atomic E-state index is 0.0527. The first-order chi connectivity index (χ1) is 8.47. The van der Waals surface area contributed by atoms with Gasteiger partial charge in [-0.25, -0.2) is 0 Å². The Balaban J connectivity index is 2.09. The highest BCUT2D eigenvalue weighted by molar-refractivity contribution is 7.86. The molecule has 0 radical (unpaired) electrons. The van der Waals surface area contributed by atoms with Crippen LogP contribution in [0.15, 0.2) is 29.2 Å². The van der Waals surface area contributed by atoms with E-state index in [9.17, 15) is 8.42 Å². The lowest BCUT2D eigenvalue weighted by atomic mass is 10.1. The highest BCUT2D eigenvalue weighted by Crippen LogP contribution is 2.22. The summed E-state index contributed by atoms with van der Waals surface area (Å²) in [5.41, 5.74) is 1.02. The average molecular weight is 270 g/mol. The van der Waals surface area contributed by atoms with Crippen LogP contribution in [0.1, 0.15) is 25.3 Å². The third-order valence-corrected chi connectivity index (χ3v) is 4.38. The Morgan fingerprint density at radius 2 is 1.94 bits per heavy atom. The Labute approximate surface area is 108 Å². The molecule has 1 aromatic rings. The number of aryl methyl sites for hydroxylation is 1. The van der Waals surface area contributed by atoms with Crippen LogP contribution in [0.4, 0.5) is 0 Å². The van der Waals surface area contributed by atoms with Crippen LogP contribution in [0.5, 0.6) is 0 Å². The normalized spacial score (nSPS) is 25.0. The Morgan fingerprint density at radius 1 is 1.28 bits per heavy atom. The molecule has 100 valence electrons. The van der Waals surface area contributed by atoms with E-state index in [1.54, 1.807) is 24.3 Å². The van der Waals surface area contributed by atoms with Crippen molar-refractivity contribution in [3.05, 3.63) is 29.8 Å². The molecule has 0 bridgehead atoms. The van der Waals surface area contributed by atoms with E-state index in [2.05, 4.69) is 0 Å². The minimum atomic E-state index is -3.66. The maximum atomic E-state index is 12.1. The molecule has 5 heteroatoms. The van der Waals surface area contributed by atoms with Gasteiger partial charge in [0.2, 0.25) is 0 Å². The summed E-state index contributed by atoms with van der Waals surface area (Å²) in [6, 6.07) is 6.69. The lowest BCUT2D eigenvalue weighted by Crippen LogP contribution is -2.30. The zero-order chi connectivity index (χ0) is 13.2. The lowest BCUT2D eigenvalue weighted by molar-refractivity contribution is -0.0231. The smallest absolute Gasteiger partial charge is 0.297 e. The fraction of sp³-hybridized carbons (Fsp3) is 0.538. The van der Waals surface area contributed by atoms with Gasteiger partial charge in [-0.1, -0.05) is 17.7 Å². The Hall–Kier alpha value is -0.910. The van der Waals surface area contributed by atoms with Crippen LogP contribution in [-0.2, 0) is 19.0 Å². The van der Waals surface area contributed by atoms with Crippen molar-refractivity contribution >= 4 is 10.1 Å². The summed E-state index contributed by atoms with van der Waals surface area (Å²) in [5.74, 6) is 0. The predicted molar refractivity (Wildman–Crippen MR) is 67.9 cm³/mol. The van der Waals surface area contributed by atoms with E-state index in [1.807, 2.05) is 13.8 Å². The molecule has 0 spiro atoms. The summed E-state index contributed by atoms with van der Waals surface area (Å²) < 4.78 is 34.7. The topological polar surface area (TPSA) is 52.6 Å². The van der Waals surface area contributed by atoms with Gasteiger partial charge in [0.1, 0.15) is 0 Å². The maximum Gasteiger partial charge on any atom is 0.297 e. The standard InChI is InChI=1S/C13H18O4S/c1-10-3-5-13(6-4-10)18(14,15)17-12-7-8-16-11(2)9-12/h3-6,11-12H,7-9H2,1-2H3. The van der Waals surface area contributed by atoms with Crippen LogP contribution in [0.2, 0.25) is 0 Å². The van der Waals surface area contributed by atoms with Crippen LogP contribution in [-0.4, -0.2) is 27.2 Å². The number of ether oxygens (including phenoxy) is 1. The molecule has 0 aromatic heterocycles. The minimum Gasteiger partial charge on any atom is -0.378 e. The summed E-state index contributed by atoms with van der Waals surface area (Å²) in [5, 5.41) is 0. The quantitative estimate of drug-likeness (QED) is 0.791. The van der Waals surface area contributed by atoms with Crippen molar-refractivity contribution in [3.63, 3.8) is 0 Å². The largest absolute Gasteiger partial charge is 0.378 e. The van der Waals surface area contributed by atoms with Gasteiger partial charge in [0.25, 0.3) is 10.1 Å². The number of benzene rings is 1. The molecule has 1 aliphatic heterocycles. The monoisotopic (exact) mass is 270 g/mol. The second-order valence-corrected chi connectivity index (χ2v) is 6.26. The van der Waals surface area contributed by atoms with Gasteiger partial charge in [0.05, 0.1) is 17.1 Å². The van der Waals surface area contributed by atoms with Gasteiger partial charge < -0.3 is 4.74 Å². The van der Waals surface area contributed by atoms with Crippen LogP contribution < -0.4 is 0 Å².